The molecule has 1 unspecified atom stereocenters. The van der Waals surface area contributed by atoms with Crippen LogP contribution in [0.3, 0.4) is 0 Å². The van der Waals surface area contributed by atoms with Gasteiger partial charge in [-0.15, -0.1) is 0 Å². The fraction of sp³-hybridized carbons (Fsp3) is 0.462. The Kier molecular flexibility index (Phi) is 3.86. The van der Waals surface area contributed by atoms with Crippen molar-refractivity contribution in [3.8, 4) is 0 Å². The van der Waals surface area contributed by atoms with Crippen molar-refractivity contribution < 1.29 is 18.7 Å². The molecule has 17 heavy (non-hydrogen) atoms. The van der Waals surface area contributed by atoms with Gasteiger partial charge in [0.05, 0.1) is 5.92 Å². The van der Waals surface area contributed by atoms with Gasteiger partial charge in [0, 0.05) is 0 Å². The van der Waals surface area contributed by atoms with Crippen LogP contribution in [0, 0.1) is 23.0 Å². The molecule has 0 amide bonds. The lowest BCUT2D eigenvalue weighted by atomic mass is 9.77. The number of hydrogen-bond donors (Lipinski definition) is 1. The minimum atomic E-state index is -0.999. The van der Waals surface area contributed by atoms with E-state index in [4.69, 9.17) is 5.11 Å². The predicted octanol–water partition coefficient (Wildman–Crippen LogP) is 3.25. The molecule has 0 spiro atoms. The van der Waals surface area contributed by atoms with Crippen molar-refractivity contribution >= 4 is 5.97 Å². The van der Waals surface area contributed by atoms with E-state index in [0.29, 0.717) is 0 Å². The van der Waals surface area contributed by atoms with Crippen LogP contribution in [-0.4, -0.2) is 11.1 Å². The quantitative estimate of drug-likeness (QED) is 0.883. The van der Waals surface area contributed by atoms with Crippen LogP contribution < -0.4 is 0 Å². The molecule has 94 valence electrons. The van der Waals surface area contributed by atoms with Crippen molar-refractivity contribution in [3.05, 3.63) is 35.4 Å². The van der Waals surface area contributed by atoms with Gasteiger partial charge in [-0.1, -0.05) is 20.8 Å². The van der Waals surface area contributed by atoms with Gasteiger partial charge in [-0.25, -0.2) is 8.78 Å². The Balaban J connectivity index is 3.02. The molecular formula is C13H16F2O2. The number of carboxylic acids is 1. The molecule has 2 nitrogen and oxygen atoms in total. The summed E-state index contributed by atoms with van der Waals surface area (Å²) in [6.07, 6.45) is -0.0115. The lowest BCUT2D eigenvalue weighted by Crippen LogP contribution is -2.30. The van der Waals surface area contributed by atoms with Gasteiger partial charge in [0.15, 0.2) is 0 Å². The summed E-state index contributed by atoms with van der Waals surface area (Å²) >= 11 is 0. The highest BCUT2D eigenvalue weighted by Gasteiger charge is 2.31. The second kappa shape index (κ2) is 4.82. The molecular weight excluding hydrogens is 226 g/mol. The van der Waals surface area contributed by atoms with Crippen LogP contribution in [-0.2, 0) is 11.2 Å². The van der Waals surface area contributed by atoms with E-state index >= 15 is 0 Å². The maximum Gasteiger partial charge on any atom is 0.307 e. The van der Waals surface area contributed by atoms with Crippen molar-refractivity contribution in [3.63, 3.8) is 0 Å². The van der Waals surface area contributed by atoms with Gasteiger partial charge >= 0.3 is 5.97 Å². The van der Waals surface area contributed by atoms with E-state index < -0.39 is 28.9 Å². The summed E-state index contributed by atoms with van der Waals surface area (Å²) in [7, 11) is 0. The molecule has 1 N–H and O–H groups in total. The largest absolute Gasteiger partial charge is 0.481 e. The summed E-state index contributed by atoms with van der Waals surface area (Å²) in [5, 5.41) is 9.11. The third-order valence-corrected chi connectivity index (χ3v) is 2.78. The number of aliphatic carboxylic acids is 1. The maximum absolute atomic E-state index is 13.4. The highest BCUT2D eigenvalue weighted by Crippen LogP contribution is 2.30. The molecule has 0 aliphatic heterocycles. The Morgan fingerprint density at radius 3 is 2.41 bits per heavy atom. The molecule has 0 fully saturated rings. The summed E-state index contributed by atoms with van der Waals surface area (Å²) in [4.78, 5) is 11.1. The number of halogens is 2. The second-order valence-electron chi connectivity index (χ2n) is 5.20. The van der Waals surface area contributed by atoms with Crippen LogP contribution in [0.2, 0.25) is 0 Å². The topological polar surface area (TPSA) is 37.3 Å². The molecule has 0 saturated carbocycles. The molecule has 0 bridgehead atoms. The van der Waals surface area contributed by atoms with E-state index in [1.807, 2.05) is 0 Å². The zero-order valence-corrected chi connectivity index (χ0v) is 10.1. The fourth-order valence-corrected chi connectivity index (χ4v) is 1.68. The summed E-state index contributed by atoms with van der Waals surface area (Å²) < 4.78 is 26.4. The summed E-state index contributed by atoms with van der Waals surface area (Å²) in [6.45, 7) is 5.30. The molecule has 1 aromatic rings. The van der Waals surface area contributed by atoms with Crippen LogP contribution in [0.15, 0.2) is 18.2 Å². The predicted molar refractivity (Wildman–Crippen MR) is 60.6 cm³/mol. The van der Waals surface area contributed by atoms with Crippen molar-refractivity contribution in [2.75, 3.05) is 0 Å². The van der Waals surface area contributed by atoms with Crippen LogP contribution >= 0.6 is 0 Å². The van der Waals surface area contributed by atoms with E-state index in [0.717, 1.165) is 18.2 Å². The van der Waals surface area contributed by atoms with E-state index in [2.05, 4.69) is 0 Å². The number of carboxylic acid groups (broad SMARTS) is 1. The smallest absolute Gasteiger partial charge is 0.307 e. The summed E-state index contributed by atoms with van der Waals surface area (Å²) in [6, 6.07) is 3.09. The highest BCUT2D eigenvalue weighted by molar-refractivity contribution is 5.71. The Hall–Kier alpha value is -1.45. The maximum atomic E-state index is 13.4. The fourth-order valence-electron chi connectivity index (χ4n) is 1.68. The number of hydrogen-bond acceptors (Lipinski definition) is 1. The molecule has 0 aromatic heterocycles. The first-order chi connectivity index (χ1) is 7.71. The van der Waals surface area contributed by atoms with Crippen LogP contribution in [0.4, 0.5) is 8.78 Å². The monoisotopic (exact) mass is 242 g/mol. The molecule has 0 aliphatic rings. The zero-order chi connectivity index (χ0) is 13.2. The van der Waals surface area contributed by atoms with Crippen molar-refractivity contribution in [2.45, 2.75) is 27.2 Å². The van der Waals surface area contributed by atoms with Crippen molar-refractivity contribution in [1.29, 1.82) is 0 Å². The van der Waals surface area contributed by atoms with E-state index in [1.54, 1.807) is 20.8 Å². The van der Waals surface area contributed by atoms with Gasteiger partial charge in [0.2, 0.25) is 0 Å². The molecule has 0 radical (unpaired) electrons. The molecule has 1 rings (SSSR count). The first-order valence-corrected chi connectivity index (χ1v) is 5.38. The van der Waals surface area contributed by atoms with Crippen LogP contribution in [0.25, 0.3) is 0 Å². The van der Waals surface area contributed by atoms with Gasteiger partial charge in [-0.2, -0.15) is 0 Å². The van der Waals surface area contributed by atoms with Gasteiger partial charge in [0.25, 0.3) is 0 Å². The third kappa shape index (κ3) is 3.51. The average molecular weight is 242 g/mol. The summed E-state index contributed by atoms with van der Waals surface area (Å²) in [5.41, 5.74) is -0.405. The Labute approximate surface area is 99.3 Å². The molecule has 0 heterocycles. The number of rotatable bonds is 3. The highest BCUT2D eigenvalue weighted by atomic mass is 19.1. The van der Waals surface area contributed by atoms with Gasteiger partial charge < -0.3 is 5.11 Å². The minimum absolute atomic E-state index is 0.0115. The van der Waals surface area contributed by atoms with E-state index in [1.165, 1.54) is 0 Å². The second-order valence-corrected chi connectivity index (χ2v) is 5.20. The van der Waals surface area contributed by atoms with Gasteiger partial charge in [-0.05, 0) is 35.6 Å². The van der Waals surface area contributed by atoms with Gasteiger partial charge in [-0.3, -0.25) is 4.79 Å². The van der Waals surface area contributed by atoms with E-state index in [-0.39, 0.29) is 12.0 Å². The lowest BCUT2D eigenvalue weighted by Gasteiger charge is -2.27. The van der Waals surface area contributed by atoms with Gasteiger partial charge in [0.1, 0.15) is 11.6 Å². The molecule has 0 aliphatic carbocycles. The molecule has 0 saturated heterocycles. The lowest BCUT2D eigenvalue weighted by molar-refractivity contribution is -0.145. The minimum Gasteiger partial charge on any atom is -0.481 e. The normalized spacial score (nSPS) is 13.5. The third-order valence-electron chi connectivity index (χ3n) is 2.78. The Bertz CT molecular complexity index is 422. The molecule has 1 aromatic carbocycles. The first kappa shape index (κ1) is 13.6. The zero-order valence-electron chi connectivity index (χ0n) is 10.1. The number of benzene rings is 1. The Morgan fingerprint density at radius 2 is 1.94 bits per heavy atom. The van der Waals surface area contributed by atoms with Crippen molar-refractivity contribution in [2.24, 2.45) is 11.3 Å². The average Bonchev–Trinajstić information content (AvgIpc) is 2.17. The first-order valence-electron chi connectivity index (χ1n) is 5.38. The van der Waals surface area contributed by atoms with Crippen molar-refractivity contribution in [1.82, 2.24) is 0 Å². The summed E-state index contributed by atoms with van der Waals surface area (Å²) in [5.74, 6) is -2.87. The van der Waals surface area contributed by atoms with Crippen LogP contribution in [0.1, 0.15) is 26.3 Å². The SMILES string of the molecule is CC(C)(C)C(Cc1cc(F)ccc1F)C(=O)O. The van der Waals surface area contributed by atoms with Crippen LogP contribution in [0.5, 0.6) is 0 Å². The molecule has 4 heteroatoms. The Morgan fingerprint density at radius 1 is 1.35 bits per heavy atom. The number of carbonyl (C=O) groups is 1. The standard InChI is InChI=1S/C13H16F2O2/c1-13(2,3)10(12(16)17)7-8-6-9(14)4-5-11(8)15/h4-6,10H,7H2,1-3H3,(H,16,17). The molecule has 1 atom stereocenters. The van der Waals surface area contributed by atoms with E-state index in [9.17, 15) is 13.6 Å².